The predicted molar refractivity (Wildman–Crippen MR) is 72.0 cm³/mol. The molecule has 0 aliphatic carbocycles. The molecule has 0 spiro atoms. The maximum absolute atomic E-state index is 12.0. The second kappa shape index (κ2) is 6.24. The number of rotatable bonds is 7. The molecular weight excluding hydrogens is 270 g/mol. The van der Waals surface area contributed by atoms with Gasteiger partial charge in [0, 0.05) is 0 Å². The molecule has 7 heteroatoms. The minimum Gasteiger partial charge on any atom is -0.497 e. The zero-order valence-electron chi connectivity index (χ0n) is 10.4. The highest BCUT2D eigenvalue weighted by molar-refractivity contribution is 7.93. The van der Waals surface area contributed by atoms with Gasteiger partial charge in [-0.25, -0.2) is 8.42 Å². The molecule has 0 aromatic heterocycles. The molecular formula is C12H15NO5S. The average Bonchev–Trinajstić information content (AvgIpc) is 2.34. The van der Waals surface area contributed by atoms with Gasteiger partial charge in [0.2, 0.25) is 10.0 Å². The quantitative estimate of drug-likeness (QED) is 0.758. The summed E-state index contributed by atoms with van der Waals surface area (Å²) in [5.74, 6) is -1.78. The molecule has 0 aliphatic heterocycles. The molecule has 1 aromatic carbocycles. The molecule has 0 fully saturated rings. The van der Waals surface area contributed by atoms with Crippen LogP contribution in [0.5, 0.6) is 5.75 Å². The third-order valence-electron chi connectivity index (χ3n) is 2.30. The highest BCUT2D eigenvalue weighted by Crippen LogP contribution is 2.22. The number of hydrogen-bond donors (Lipinski definition) is 1. The smallest absolute Gasteiger partial charge is 0.320 e. The van der Waals surface area contributed by atoms with Crippen LogP contribution in [0.2, 0.25) is 0 Å². The van der Waals surface area contributed by atoms with Crippen molar-refractivity contribution < 1.29 is 23.1 Å². The third-order valence-corrected chi connectivity index (χ3v) is 3.94. The Bertz CT molecular complexity index is 550. The van der Waals surface area contributed by atoms with E-state index in [-0.39, 0.29) is 6.54 Å². The van der Waals surface area contributed by atoms with Crippen LogP contribution in [0, 0.1) is 0 Å². The highest BCUT2D eigenvalue weighted by atomic mass is 32.2. The van der Waals surface area contributed by atoms with Gasteiger partial charge in [-0.15, -0.1) is 6.58 Å². The molecule has 0 saturated heterocycles. The van der Waals surface area contributed by atoms with E-state index in [9.17, 15) is 13.2 Å². The Hall–Kier alpha value is -2.02. The summed E-state index contributed by atoms with van der Waals surface area (Å²) in [6.45, 7) is 3.48. The maximum Gasteiger partial charge on any atom is 0.320 e. The summed E-state index contributed by atoms with van der Waals surface area (Å²) in [5, 5.41) is 8.64. The summed E-state index contributed by atoms with van der Waals surface area (Å²) in [7, 11) is -2.44. The minimum atomic E-state index is -3.93. The van der Waals surface area contributed by atoms with Gasteiger partial charge in [0.15, 0.2) is 5.75 Å². The van der Waals surface area contributed by atoms with E-state index < -0.39 is 21.7 Å². The van der Waals surface area contributed by atoms with Crippen LogP contribution in [-0.2, 0) is 14.8 Å². The van der Waals surface area contributed by atoms with Crippen LogP contribution in [0.25, 0.3) is 0 Å². The topological polar surface area (TPSA) is 83.9 Å². The lowest BCUT2D eigenvalue weighted by atomic mass is 10.3. The van der Waals surface area contributed by atoms with Gasteiger partial charge in [0.1, 0.15) is 5.75 Å². The SMILES string of the molecule is C=CCN(c1ccc(OC)cc1)S(=O)(=O)CC(=O)O. The number of hydrogen-bond acceptors (Lipinski definition) is 4. The molecule has 0 unspecified atom stereocenters. The van der Waals surface area contributed by atoms with Gasteiger partial charge in [0.05, 0.1) is 19.3 Å². The van der Waals surface area contributed by atoms with E-state index in [1.165, 1.54) is 13.2 Å². The van der Waals surface area contributed by atoms with E-state index in [4.69, 9.17) is 9.84 Å². The van der Waals surface area contributed by atoms with Crippen LogP contribution in [0.15, 0.2) is 36.9 Å². The molecule has 6 nitrogen and oxygen atoms in total. The molecule has 19 heavy (non-hydrogen) atoms. The number of aliphatic carboxylic acids is 1. The van der Waals surface area contributed by atoms with Crippen LogP contribution in [-0.4, -0.2) is 38.9 Å². The highest BCUT2D eigenvalue weighted by Gasteiger charge is 2.24. The molecule has 0 atom stereocenters. The van der Waals surface area contributed by atoms with Crippen molar-refractivity contribution in [2.75, 3.05) is 23.7 Å². The fourth-order valence-electron chi connectivity index (χ4n) is 1.48. The van der Waals surface area contributed by atoms with E-state index >= 15 is 0 Å². The molecule has 0 bridgehead atoms. The number of nitrogens with zero attached hydrogens (tertiary/aromatic N) is 1. The Morgan fingerprint density at radius 1 is 1.42 bits per heavy atom. The van der Waals surface area contributed by atoms with Gasteiger partial charge in [-0.1, -0.05) is 6.08 Å². The Morgan fingerprint density at radius 3 is 2.42 bits per heavy atom. The summed E-state index contributed by atoms with van der Waals surface area (Å²) in [6.07, 6.45) is 1.39. The number of sulfonamides is 1. The maximum atomic E-state index is 12.0. The first-order valence-corrected chi connectivity index (χ1v) is 6.99. The molecule has 0 radical (unpaired) electrons. The van der Waals surface area contributed by atoms with Crippen molar-refractivity contribution >= 4 is 21.7 Å². The summed E-state index contributed by atoms with van der Waals surface area (Å²) in [5.41, 5.74) is 0.363. The van der Waals surface area contributed by atoms with E-state index in [0.717, 1.165) is 4.31 Å². The van der Waals surface area contributed by atoms with Crippen molar-refractivity contribution in [2.45, 2.75) is 0 Å². The molecule has 0 aliphatic rings. The zero-order valence-corrected chi connectivity index (χ0v) is 11.3. The van der Waals surface area contributed by atoms with Gasteiger partial charge in [-0.2, -0.15) is 0 Å². The minimum absolute atomic E-state index is 0.00193. The standard InChI is InChI=1S/C12H15NO5S/c1-3-8-13(19(16,17)9-12(14)15)10-4-6-11(18-2)7-5-10/h3-7H,1,8-9H2,2H3,(H,14,15). The average molecular weight is 285 g/mol. The van der Waals surface area contributed by atoms with Crippen molar-refractivity contribution in [3.8, 4) is 5.75 Å². The van der Waals surface area contributed by atoms with Crippen molar-refractivity contribution in [1.29, 1.82) is 0 Å². The van der Waals surface area contributed by atoms with Crippen molar-refractivity contribution in [3.63, 3.8) is 0 Å². The van der Waals surface area contributed by atoms with Gasteiger partial charge < -0.3 is 9.84 Å². The lowest BCUT2D eigenvalue weighted by Gasteiger charge is -2.22. The van der Waals surface area contributed by atoms with Crippen LogP contribution >= 0.6 is 0 Å². The normalized spacial score (nSPS) is 10.8. The Labute approximate surface area is 112 Å². The molecule has 0 heterocycles. The number of benzene rings is 1. The Kier molecular flexibility index (Phi) is 4.94. The number of carbonyl (C=O) groups is 1. The fourth-order valence-corrected chi connectivity index (χ4v) is 2.72. The summed E-state index contributed by atoms with van der Waals surface area (Å²) in [4.78, 5) is 10.6. The molecule has 1 rings (SSSR count). The van der Waals surface area contributed by atoms with E-state index in [0.29, 0.717) is 11.4 Å². The van der Waals surface area contributed by atoms with Gasteiger partial charge in [-0.3, -0.25) is 9.10 Å². The second-order valence-corrected chi connectivity index (χ2v) is 5.56. The molecule has 0 saturated carbocycles. The van der Waals surface area contributed by atoms with E-state index in [2.05, 4.69) is 6.58 Å². The van der Waals surface area contributed by atoms with Crippen LogP contribution < -0.4 is 9.04 Å². The second-order valence-electron chi connectivity index (χ2n) is 3.67. The first-order chi connectivity index (χ1) is 8.90. The van der Waals surface area contributed by atoms with E-state index in [1.54, 1.807) is 24.3 Å². The number of ether oxygens (including phenoxy) is 1. The number of carboxylic acid groups (broad SMARTS) is 1. The number of carboxylic acids is 1. The molecule has 104 valence electrons. The van der Waals surface area contributed by atoms with Gasteiger partial charge in [-0.05, 0) is 24.3 Å². The van der Waals surface area contributed by atoms with Gasteiger partial charge in [0.25, 0.3) is 0 Å². The fraction of sp³-hybridized carbons (Fsp3) is 0.250. The monoisotopic (exact) mass is 285 g/mol. The molecule has 0 amide bonds. The Balaban J connectivity index is 3.11. The predicted octanol–water partition coefficient (Wildman–Crippen LogP) is 1.10. The lowest BCUT2D eigenvalue weighted by Crippen LogP contribution is -2.35. The lowest BCUT2D eigenvalue weighted by molar-refractivity contribution is -0.134. The molecule has 1 N–H and O–H groups in total. The first-order valence-electron chi connectivity index (χ1n) is 5.38. The van der Waals surface area contributed by atoms with E-state index in [1.807, 2.05) is 0 Å². The van der Waals surface area contributed by atoms with Crippen molar-refractivity contribution in [1.82, 2.24) is 0 Å². The van der Waals surface area contributed by atoms with Crippen molar-refractivity contribution in [3.05, 3.63) is 36.9 Å². The summed E-state index contributed by atoms with van der Waals surface area (Å²) >= 11 is 0. The largest absolute Gasteiger partial charge is 0.497 e. The number of anilines is 1. The van der Waals surface area contributed by atoms with Crippen molar-refractivity contribution in [2.24, 2.45) is 0 Å². The third kappa shape index (κ3) is 3.99. The number of methoxy groups -OCH3 is 1. The van der Waals surface area contributed by atoms with Crippen LogP contribution in [0.3, 0.4) is 0 Å². The van der Waals surface area contributed by atoms with Crippen LogP contribution in [0.4, 0.5) is 5.69 Å². The summed E-state index contributed by atoms with van der Waals surface area (Å²) in [6, 6.07) is 6.28. The Morgan fingerprint density at radius 2 is 2.00 bits per heavy atom. The molecule has 1 aromatic rings. The zero-order chi connectivity index (χ0) is 14.5. The van der Waals surface area contributed by atoms with Crippen LogP contribution in [0.1, 0.15) is 0 Å². The first kappa shape index (κ1) is 15.0. The summed E-state index contributed by atoms with van der Waals surface area (Å²) < 4.78 is 29.9. The van der Waals surface area contributed by atoms with Gasteiger partial charge >= 0.3 is 5.97 Å².